The largest absolute Gasteiger partial charge is 0.261 e. The molecule has 0 spiro atoms. The molecule has 0 aliphatic heterocycles. The molecule has 0 amide bonds. The molecule has 0 saturated carbocycles. The molecule has 0 bridgehead atoms. The van der Waals surface area contributed by atoms with E-state index in [1.807, 2.05) is 20.0 Å². The third kappa shape index (κ3) is 4.57. The fraction of sp³-hybridized carbons (Fsp3) is 0.429. The summed E-state index contributed by atoms with van der Waals surface area (Å²) in [6.07, 6.45) is 8.91. The zero-order chi connectivity index (χ0) is 13.4. The average molecular weight is 244 g/mol. The molecule has 2 rings (SSSR count). The summed E-state index contributed by atoms with van der Waals surface area (Å²) >= 11 is 0. The Morgan fingerprint density at radius 2 is 1.72 bits per heavy atom. The van der Waals surface area contributed by atoms with E-state index in [1.165, 1.54) is 0 Å². The Hall–Kier alpha value is -1.84. The van der Waals surface area contributed by atoms with Gasteiger partial charge in [-0.2, -0.15) is 0 Å². The van der Waals surface area contributed by atoms with Gasteiger partial charge in [-0.1, -0.05) is 13.8 Å². The highest BCUT2D eigenvalue weighted by Crippen LogP contribution is 2.01. The van der Waals surface area contributed by atoms with E-state index >= 15 is 0 Å². The molecule has 0 unspecified atom stereocenters. The highest BCUT2D eigenvalue weighted by molar-refractivity contribution is 5.11. The molecule has 0 radical (unpaired) electrons. The normalized spacial score (nSPS) is 9.56. The van der Waals surface area contributed by atoms with Crippen LogP contribution in [-0.4, -0.2) is 19.9 Å². The van der Waals surface area contributed by atoms with Crippen molar-refractivity contribution < 1.29 is 0 Å². The molecule has 4 heteroatoms. The molecule has 96 valence electrons. The molecule has 0 aliphatic carbocycles. The first-order valence-corrected chi connectivity index (χ1v) is 6.21. The van der Waals surface area contributed by atoms with Crippen LogP contribution in [0.2, 0.25) is 0 Å². The zero-order valence-electron chi connectivity index (χ0n) is 11.5. The summed E-state index contributed by atoms with van der Waals surface area (Å²) in [5.41, 5.74) is 4.20. The summed E-state index contributed by atoms with van der Waals surface area (Å²) in [6, 6.07) is 0. The van der Waals surface area contributed by atoms with Crippen LogP contribution in [0.4, 0.5) is 0 Å². The van der Waals surface area contributed by atoms with E-state index in [1.54, 1.807) is 18.6 Å². The number of nitrogens with zero attached hydrogens (tertiary/aromatic N) is 4. The van der Waals surface area contributed by atoms with E-state index < -0.39 is 0 Å². The van der Waals surface area contributed by atoms with Crippen LogP contribution in [0.15, 0.2) is 24.8 Å². The van der Waals surface area contributed by atoms with Crippen molar-refractivity contribution >= 4 is 0 Å². The molecule has 0 aromatic carbocycles. The standard InChI is InChI=1S/C8H12N2.C6H8N2/c1-4-8-7(3)10-6(2)5-9-8;1-2-6-5-7-3-4-8-6/h5H,4H2,1-3H3;3-5H,2H2,1H3. The molecule has 0 fully saturated rings. The van der Waals surface area contributed by atoms with Gasteiger partial charge in [0.15, 0.2) is 0 Å². The molecule has 18 heavy (non-hydrogen) atoms. The highest BCUT2D eigenvalue weighted by Gasteiger charge is 1.96. The molecule has 2 aromatic heterocycles. The SMILES string of the molecule is CCc1cnccn1.CCc1ncc(C)nc1C. The average Bonchev–Trinajstić information content (AvgIpc) is 2.40. The minimum absolute atomic E-state index is 0.966. The van der Waals surface area contributed by atoms with Crippen LogP contribution in [0.3, 0.4) is 0 Å². The number of rotatable bonds is 2. The minimum Gasteiger partial charge on any atom is -0.261 e. The number of aryl methyl sites for hydroxylation is 4. The summed E-state index contributed by atoms with van der Waals surface area (Å²) < 4.78 is 0. The van der Waals surface area contributed by atoms with Gasteiger partial charge < -0.3 is 0 Å². The van der Waals surface area contributed by atoms with Gasteiger partial charge in [-0.25, -0.2) is 0 Å². The third-order valence-electron chi connectivity index (χ3n) is 2.48. The Morgan fingerprint density at radius 3 is 2.17 bits per heavy atom. The molecule has 0 aliphatic rings. The van der Waals surface area contributed by atoms with Gasteiger partial charge >= 0.3 is 0 Å². The lowest BCUT2D eigenvalue weighted by atomic mass is 10.2. The maximum absolute atomic E-state index is 4.28. The zero-order valence-corrected chi connectivity index (χ0v) is 11.5. The van der Waals surface area contributed by atoms with E-state index in [0.717, 1.165) is 35.6 Å². The van der Waals surface area contributed by atoms with Gasteiger partial charge in [-0.05, 0) is 26.7 Å². The molecular formula is C14H20N4. The van der Waals surface area contributed by atoms with E-state index in [-0.39, 0.29) is 0 Å². The van der Waals surface area contributed by atoms with Crippen molar-refractivity contribution in [2.45, 2.75) is 40.5 Å². The van der Waals surface area contributed by atoms with Crippen molar-refractivity contribution in [3.05, 3.63) is 47.6 Å². The van der Waals surface area contributed by atoms with Gasteiger partial charge in [-0.3, -0.25) is 19.9 Å². The summed E-state index contributed by atoms with van der Waals surface area (Å²) in [5, 5.41) is 0. The molecule has 4 nitrogen and oxygen atoms in total. The lowest BCUT2D eigenvalue weighted by Crippen LogP contribution is -1.96. The minimum atomic E-state index is 0.966. The molecule has 2 aromatic rings. The predicted octanol–water partition coefficient (Wildman–Crippen LogP) is 2.69. The second kappa shape index (κ2) is 7.48. The number of aromatic nitrogens is 4. The second-order valence-electron chi connectivity index (χ2n) is 3.95. The fourth-order valence-corrected chi connectivity index (χ4v) is 1.48. The van der Waals surface area contributed by atoms with Crippen molar-refractivity contribution in [3.63, 3.8) is 0 Å². The number of hydrogen-bond acceptors (Lipinski definition) is 4. The quantitative estimate of drug-likeness (QED) is 0.815. The molecular weight excluding hydrogens is 224 g/mol. The first-order chi connectivity index (χ1) is 8.67. The van der Waals surface area contributed by atoms with E-state index in [2.05, 4.69) is 33.8 Å². The molecule has 0 saturated heterocycles. The van der Waals surface area contributed by atoms with Crippen molar-refractivity contribution in [2.75, 3.05) is 0 Å². The Kier molecular flexibility index (Phi) is 5.91. The van der Waals surface area contributed by atoms with Gasteiger partial charge in [0, 0.05) is 24.8 Å². The van der Waals surface area contributed by atoms with Crippen LogP contribution >= 0.6 is 0 Å². The van der Waals surface area contributed by atoms with Gasteiger partial charge in [0.05, 0.1) is 22.8 Å². The second-order valence-corrected chi connectivity index (χ2v) is 3.95. The molecule has 2 heterocycles. The van der Waals surface area contributed by atoms with Crippen LogP contribution in [0.25, 0.3) is 0 Å². The summed E-state index contributed by atoms with van der Waals surface area (Å²) in [6.45, 7) is 8.11. The third-order valence-corrected chi connectivity index (χ3v) is 2.48. The Morgan fingerprint density at radius 1 is 0.944 bits per heavy atom. The first-order valence-electron chi connectivity index (χ1n) is 6.21. The van der Waals surface area contributed by atoms with Crippen LogP contribution in [0.5, 0.6) is 0 Å². The topological polar surface area (TPSA) is 51.6 Å². The maximum atomic E-state index is 4.28. The van der Waals surface area contributed by atoms with Gasteiger partial charge in [0.25, 0.3) is 0 Å². The fourth-order valence-electron chi connectivity index (χ4n) is 1.48. The molecule has 0 atom stereocenters. The van der Waals surface area contributed by atoms with Crippen molar-refractivity contribution in [3.8, 4) is 0 Å². The van der Waals surface area contributed by atoms with Crippen molar-refractivity contribution in [1.29, 1.82) is 0 Å². The lowest BCUT2D eigenvalue weighted by molar-refractivity contribution is 0.935. The maximum Gasteiger partial charge on any atom is 0.0613 e. The summed E-state index contributed by atoms with van der Waals surface area (Å²) in [4.78, 5) is 16.4. The van der Waals surface area contributed by atoms with Gasteiger partial charge in [-0.15, -0.1) is 0 Å². The smallest absolute Gasteiger partial charge is 0.0613 e. The van der Waals surface area contributed by atoms with Crippen molar-refractivity contribution in [2.24, 2.45) is 0 Å². The Labute approximate surface area is 109 Å². The monoisotopic (exact) mass is 244 g/mol. The van der Waals surface area contributed by atoms with Gasteiger partial charge in [0.1, 0.15) is 0 Å². The van der Waals surface area contributed by atoms with E-state index in [0.29, 0.717) is 0 Å². The van der Waals surface area contributed by atoms with E-state index in [4.69, 9.17) is 0 Å². The van der Waals surface area contributed by atoms with E-state index in [9.17, 15) is 0 Å². The van der Waals surface area contributed by atoms with Crippen molar-refractivity contribution in [1.82, 2.24) is 19.9 Å². The number of hydrogen-bond donors (Lipinski definition) is 0. The predicted molar refractivity (Wildman–Crippen MR) is 72.3 cm³/mol. The lowest BCUT2D eigenvalue weighted by Gasteiger charge is -1.99. The van der Waals surface area contributed by atoms with Crippen LogP contribution in [0, 0.1) is 13.8 Å². The van der Waals surface area contributed by atoms with Crippen LogP contribution < -0.4 is 0 Å². The Balaban J connectivity index is 0.000000184. The summed E-state index contributed by atoms with van der Waals surface area (Å²) in [5.74, 6) is 0. The van der Waals surface area contributed by atoms with Gasteiger partial charge in [0.2, 0.25) is 0 Å². The van der Waals surface area contributed by atoms with Crippen LogP contribution in [-0.2, 0) is 12.8 Å². The summed E-state index contributed by atoms with van der Waals surface area (Å²) in [7, 11) is 0. The first kappa shape index (κ1) is 14.2. The Bertz CT molecular complexity index is 468. The highest BCUT2D eigenvalue weighted by atomic mass is 14.8. The van der Waals surface area contributed by atoms with Crippen LogP contribution in [0.1, 0.15) is 36.6 Å². The molecule has 0 N–H and O–H groups in total.